The van der Waals surface area contributed by atoms with Gasteiger partial charge in [0.05, 0.1) is 12.1 Å². The van der Waals surface area contributed by atoms with Gasteiger partial charge in [-0.3, -0.25) is 9.59 Å². The summed E-state index contributed by atoms with van der Waals surface area (Å²) in [6.07, 6.45) is 31.0. The summed E-state index contributed by atoms with van der Waals surface area (Å²) in [5.74, 6) is 0.417. The number of ketones is 2. The van der Waals surface area contributed by atoms with E-state index in [0.29, 0.717) is 0 Å². The first-order valence-corrected chi connectivity index (χ1v) is 21.3. The fourth-order valence-electron chi connectivity index (χ4n) is 8.22. The first kappa shape index (κ1) is 46.9. The molecule has 2 heterocycles. The molecule has 2 aliphatic carbocycles. The molecule has 2 N–H and O–H groups in total. The monoisotopic (exact) mass is 791 g/mol. The normalized spacial score (nSPS) is 26.1. The fraction of sp³-hybridized carbons (Fsp3) is 0.520. The summed E-state index contributed by atoms with van der Waals surface area (Å²) < 4.78 is 0. The van der Waals surface area contributed by atoms with E-state index in [9.17, 15) is 9.59 Å². The summed E-state index contributed by atoms with van der Waals surface area (Å²) in [7, 11) is 4.29. The van der Waals surface area contributed by atoms with Crippen molar-refractivity contribution in [3.63, 3.8) is 0 Å². The number of carbonyl (C=O) groups is 2. The molecule has 0 aromatic heterocycles. The van der Waals surface area contributed by atoms with Gasteiger partial charge in [-0.25, -0.2) is 20.9 Å². The van der Waals surface area contributed by atoms with Crippen molar-refractivity contribution in [3.05, 3.63) is 130 Å². The molecule has 0 amide bonds. The average molecular weight is 791 g/mol. The number of rotatable bonds is 14. The molecule has 2 saturated heterocycles. The Morgan fingerprint density at radius 3 is 1.17 bits per heavy atom. The van der Waals surface area contributed by atoms with Crippen LogP contribution in [0.4, 0.5) is 0 Å². The quantitative estimate of drug-likeness (QED) is 0.170. The molecule has 2 atom stereocenters. The molecule has 4 rings (SSSR count). The topological polar surface area (TPSA) is 71.2 Å². The van der Waals surface area contributed by atoms with Crippen molar-refractivity contribution in [2.24, 2.45) is 10.8 Å². The predicted octanol–water partition coefficient (Wildman–Crippen LogP) is 8.42. The highest BCUT2D eigenvalue weighted by molar-refractivity contribution is 6.02. The zero-order valence-electron chi connectivity index (χ0n) is 37.9. The van der Waals surface area contributed by atoms with E-state index in [0.717, 1.165) is 110 Å². The minimum absolute atomic E-state index is 0.100. The largest absolute Gasteiger partial charge is 0.304 e. The number of likely N-dealkylation sites (N-methyl/N-ethyl adjacent to an activating group) is 2. The molecule has 2 aliphatic heterocycles. The number of hydrazine groups is 2. The molecule has 0 saturated carbocycles. The van der Waals surface area contributed by atoms with Crippen LogP contribution in [0.3, 0.4) is 0 Å². The van der Waals surface area contributed by atoms with Gasteiger partial charge in [0.25, 0.3) is 0 Å². The maximum atomic E-state index is 13.4. The molecular weight excluding hydrogens is 717 g/mol. The van der Waals surface area contributed by atoms with Crippen LogP contribution in [-0.4, -0.2) is 110 Å². The molecule has 58 heavy (non-hydrogen) atoms. The van der Waals surface area contributed by atoms with E-state index in [1.807, 2.05) is 13.8 Å². The number of Topliss-reactive ketones (excluding diaryl/α,β-unsaturated/α-hetero) is 2. The van der Waals surface area contributed by atoms with Crippen LogP contribution in [-0.2, 0) is 9.59 Å². The zero-order chi connectivity index (χ0) is 42.6. The Labute approximate surface area is 351 Å². The second-order valence-electron chi connectivity index (χ2n) is 18.3. The standard InChI is InChI=1S/C50H74N6O2/c1-37(19-15-21-39(3)23-25-43-41(5)47(57)45(35-49(43,7)8)51-55-31-27-53(11)28-32-55)17-13-14-18-38(2)20-16-22-40(4)24-26-44-42(6)48(58)46(36-50(44,9)10)52-56-33-29-54(12)30-34-56/h13-26,45-46,51-52H,27-36H2,1-12H3. The van der Waals surface area contributed by atoms with Gasteiger partial charge < -0.3 is 9.80 Å². The molecule has 0 radical (unpaired) electrons. The Bertz CT molecular complexity index is 1690. The Morgan fingerprint density at radius 2 is 0.828 bits per heavy atom. The van der Waals surface area contributed by atoms with Gasteiger partial charge in [0.15, 0.2) is 11.6 Å². The number of allylic oxidation sites excluding steroid dienone is 20. The van der Waals surface area contributed by atoms with E-state index in [-0.39, 0.29) is 34.5 Å². The summed E-state index contributed by atoms with van der Waals surface area (Å²) in [4.78, 5) is 31.4. The van der Waals surface area contributed by atoms with Crippen LogP contribution in [0.15, 0.2) is 130 Å². The third-order valence-electron chi connectivity index (χ3n) is 12.0. The first-order valence-electron chi connectivity index (χ1n) is 21.3. The van der Waals surface area contributed by atoms with Crippen LogP contribution < -0.4 is 10.9 Å². The average Bonchev–Trinajstić information content (AvgIpc) is 3.15. The molecule has 0 spiro atoms. The highest BCUT2D eigenvalue weighted by Crippen LogP contribution is 2.41. The van der Waals surface area contributed by atoms with E-state index in [1.54, 1.807) is 0 Å². The lowest BCUT2D eigenvalue weighted by atomic mass is 9.70. The van der Waals surface area contributed by atoms with Crippen molar-refractivity contribution < 1.29 is 9.59 Å². The lowest BCUT2D eigenvalue weighted by Gasteiger charge is -2.41. The van der Waals surface area contributed by atoms with E-state index >= 15 is 0 Å². The van der Waals surface area contributed by atoms with Crippen LogP contribution in [0.2, 0.25) is 0 Å². The van der Waals surface area contributed by atoms with Gasteiger partial charge in [0, 0.05) is 52.4 Å². The lowest BCUT2D eigenvalue weighted by Crippen LogP contribution is -2.57. The maximum Gasteiger partial charge on any atom is 0.177 e. The predicted molar refractivity (Wildman–Crippen MR) is 245 cm³/mol. The summed E-state index contributed by atoms with van der Waals surface area (Å²) >= 11 is 0. The molecule has 2 fully saturated rings. The van der Waals surface area contributed by atoms with Crippen LogP contribution in [0.25, 0.3) is 0 Å². The van der Waals surface area contributed by atoms with Gasteiger partial charge in [-0.15, -0.1) is 0 Å². The fourth-order valence-corrected chi connectivity index (χ4v) is 8.22. The van der Waals surface area contributed by atoms with Crippen molar-refractivity contribution in [1.82, 2.24) is 30.7 Å². The smallest absolute Gasteiger partial charge is 0.177 e. The highest BCUT2D eigenvalue weighted by Gasteiger charge is 2.40. The lowest BCUT2D eigenvalue weighted by molar-refractivity contribution is -0.121. The molecule has 0 aromatic rings. The maximum absolute atomic E-state index is 13.4. The van der Waals surface area contributed by atoms with Crippen LogP contribution >= 0.6 is 0 Å². The Kier molecular flexibility index (Phi) is 17.4. The summed E-state index contributed by atoms with van der Waals surface area (Å²) in [6.45, 7) is 29.1. The highest BCUT2D eigenvalue weighted by atomic mass is 16.1. The van der Waals surface area contributed by atoms with E-state index in [2.05, 4.69) is 185 Å². The zero-order valence-corrected chi connectivity index (χ0v) is 37.9. The second-order valence-corrected chi connectivity index (χ2v) is 18.3. The number of hydrogen-bond donors (Lipinski definition) is 2. The van der Waals surface area contributed by atoms with Crippen molar-refractivity contribution in [3.8, 4) is 0 Å². The van der Waals surface area contributed by atoms with Gasteiger partial charge in [0.2, 0.25) is 0 Å². The summed E-state index contributed by atoms with van der Waals surface area (Å²) in [6, 6.07) is -0.340. The van der Waals surface area contributed by atoms with Gasteiger partial charge in [-0.1, -0.05) is 135 Å². The summed E-state index contributed by atoms with van der Waals surface area (Å²) in [5, 5.41) is 4.44. The number of nitrogens with zero attached hydrogens (tertiary/aromatic N) is 4. The number of nitrogens with one attached hydrogen (secondary N) is 2. The van der Waals surface area contributed by atoms with Crippen LogP contribution in [0, 0.1) is 10.8 Å². The van der Waals surface area contributed by atoms with Gasteiger partial charge in [-0.2, -0.15) is 0 Å². The second kappa shape index (κ2) is 21.5. The molecule has 4 aliphatic rings. The van der Waals surface area contributed by atoms with Crippen LogP contribution in [0.5, 0.6) is 0 Å². The van der Waals surface area contributed by atoms with Gasteiger partial charge in [-0.05, 0) is 102 Å². The third kappa shape index (κ3) is 13.9. The Hall–Kier alpha value is -3.76. The first-order chi connectivity index (χ1) is 27.4. The SMILES string of the molecule is CC(C=CC=C(C)C=CC1=C(C)C(=O)C(NN2CCN(C)CC2)CC1(C)C)=CC=CC=C(C)C=CC=C(C)C=CC1=C(C)C(=O)C(NN2CCN(C)CC2)CC1(C)C. The molecule has 8 heteroatoms. The van der Waals surface area contributed by atoms with Crippen molar-refractivity contribution >= 4 is 11.6 Å². The number of carbonyl (C=O) groups excluding carboxylic acids is 2. The number of piperazine rings is 2. The van der Waals surface area contributed by atoms with Gasteiger partial charge >= 0.3 is 0 Å². The van der Waals surface area contributed by atoms with Crippen molar-refractivity contribution in [2.75, 3.05) is 66.5 Å². The molecule has 0 bridgehead atoms. The van der Waals surface area contributed by atoms with Crippen molar-refractivity contribution in [2.45, 2.75) is 94.2 Å². The minimum Gasteiger partial charge on any atom is -0.304 e. The molecule has 316 valence electrons. The van der Waals surface area contributed by atoms with E-state index in [4.69, 9.17) is 0 Å². The Balaban J connectivity index is 1.26. The van der Waals surface area contributed by atoms with E-state index < -0.39 is 0 Å². The summed E-state index contributed by atoms with van der Waals surface area (Å²) in [5.41, 5.74) is 15.4. The minimum atomic E-state index is -0.170. The molecule has 8 nitrogen and oxygen atoms in total. The molecule has 2 unspecified atom stereocenters. The molecule has 0 aromatic carbocycles. The van der Waals surface area contributed by atoms with Crippen LogP contribution in [0.1, 0.15) is 82.1 Å². The Morgan fingerprint density at radius 1 is 0.517 bits per heavy atom. The number of hydrogen-bond acceptors (Lipinski definition) is 8. The van der Waals surface area contributed by atoms with Gasteiger partial charge in [0.1, 0.15) is 0 Å². The van der Waals surface area contributed by atoms with E-state index in [1.165, 1.54) is 0 Å². The van der Waals surface area contributed by atoms with Crippen molar-refractivity contribution in [1.29, 1.82) is 0 Å². The third-order valence-corrected chi connectivity index (χ3v) is 12.0. The molecular formula is C50H74N6O2.